The van der Waals surface area contributed by atoms with Crippen molar-refractivity contribution in [3.8, 4) is 22.3 Å². The van der Waals surface area contributed by atoms with Crippen LogP contribution in [0.2, 0.25) is 0 Å². The molecule has 0 spiro atoms. The number of aliphatic hydroxyl groups is 2. The monoisotopic (exact) mass is 438 g/mol. The van der Waals surface area contributed by atoms with E-state index in [1.54, 1.807) is 0 Å². The van der Waals surface area contributed by atoms with Crippen molar-refractivity contribution in [3.05, 3.63) is 120 Å². The molecule has 4 aromatic carbocycles. The first-order chi connectivity index (χ1) is 16.1. The van der Waals surface area contributed by atoms with Crippen molar-refractivity contribution in [1.29, 1.82) is 0 Å². The largest absolute Gasteiger partial charge is 0.386 e. The van der Waals surface area contributed by atoms with Crippen molar-refractivity contribution in [3.63, 3.8) is 0 Å². The molecule has 33 heavy (non-hydrogen) atoms. The molecule has 0 bridgehead atoms. The highest BCUT2D eigenvalue weighted by Crippen LogP contribution is 2.47. The van der Waals surface area contributed by atoms with Gasteiger partial charge in [0.2, 0.25) is 0 Å². The Hall–Kier alpha value is -3.20. The highest BCUT2D eigenvalue weighted by molar-refractivity contribution is 5.65. The van der Waals surface area contributed by atoms with Crippen LogP contribution in [0.15, 0.2) is 109 Å². The van der Waals surface area contributed by atoms with E-state index in [9.17, 15) is 10.2 Å². The van der Waals surface area contributed by atoms with Gasteiger partial charge in [-0.2, -0.15) is 0 Å². The average Bonchev–Trinajstić information content (AvgIpc) is 2.90. The Kier molecular flexibility index (Phi) is 5.88. The molecule has 5 rings (SSSR count). The molecule has 0 heterocycles. The minimum Gasteiger partial charge on any atom is -0.386 e. The normalized spacial score (nSPS) is 15.8. The summed E-state index contributed by atoms with van der Waals surface area (Å²) >= 11 is 0. The van der Waals surface area contributed by atoms with Gasteiger partial charge in [0.15, 0.2) is 0 Å². The summed E-state index contributed by atoms with van der Waals surface area (Å²) in [4.78, 5) is 0. The fraction of sp³-hybridized carbons (Fsp3) is 0.226. The summed E-state index contributed by atoms with van der Waals surface area (Å²) in [6.45, 7) is 0. The second-order valence-electron chi connectivity index (χ2n) is 9.19. The number of benzene rings is 4. The van der Waals surface area contributed by atoms with Crippen molar-refractivity contribution in [1.82, 2.24) is 0 Å². The molecule has 1 saturated carbocycles. The maximum absolute atomic E-state index is 12.3. The molecule has 0 aliphatic heterocycles. The van der Waals surface area contributed by atoms with Gasteiger partial charge < -0.3 is 10.2 Å². The minimum absolute atomic E-state index is 0. The van der Waals surface area contributed by atoms with Gasteiger partial charge in [-0.3, -0.25) is 0 Å². The molecule has 1 aliphatic carbocycles. The van der Waals surface area contributed by atoms with Crippen LogP contribution >= 0.6 is 0 Å². The Morgan fingerprint density at radius 3 is 1.27 bits per heavy atom. The van der Waals surface area contributed by atoms with Gasteiger partial charge in [0.25, 0.3) is 0 Å². The van der Waals surface area contributed by atoms with Crippen molar-refractivity contribution in [2.45, 2.75) is 43.3 Å². The van der Waals surface area contributed by atoms with Crippen LogP contribution in [-0.2, 0) is 5.60 Å². The lowest BCUT2D eigenvalue weighted by atomic mass is 9.66. The van der Waals surface area contributed by atoms with Gasteiger partial charge >= 0.3 is 0 Å². The third-order valence-corrected chi connectivity index (χ3v) is 7.17. The standard InChI is InChI=1S/C31H30O2.2H2/c32-30(22-8-3-9-23-30)31(33,28-18-14-26(15-19-28)24-10-4-1-5-11-24)29-20-16-27(17-21-29)25-12-6-2-7-13-25;;/h1-2,4-7,10-21,32-33H,3,8-9,22-23H2;2*1H. The lowest BCUT2D eigenvalue weighted by Gasteiger charge is -2.46. The van der Waals surface area contributed by atoms with E-state index in [2.05, 4.69) is 24.3 Å². The zero-order valence-electron chi connectivity index (χ0n) is 18.8. The predicted molar refractivity (Wildman–Crippen MR) is 139 cm³/mol. The Bertz CT molecular complexity index is 1100. The van der Waals surface area contributed by atoms with E-state index in [0.29, 0.717) is 12.8 Å². The summed E-state index contributed by atoms with van der Waals surface area (Å²) in [7, 11) is 0. The van der Waals surface area contributed by atoms with Gasteiger partial charge in [0.05, 0.1) is 0 Å². The van der Waals surface area contributed by atoms with Crippen molar-refractivity contribution < 1.29 is 13.1 Å². The lowest BCUT2D eigenvalue weighted by Crippen LogP contribution is -2.53. The van der Waals surface area contributed by atoms with E-state index in [1.165, 1.54) is 0 Å². The maximum atomic E-state index is 12.3. The Morgan fingerprint density at radius 1 is 0.515 bits per heavy atom. The van der Waals surface area contributed by atoms with Crippen LogP contribution < -0.4 is 0 Å². The highest BCUT2D eigenvalue weighted by Gasteiger charge is 2.51. The Labute approximate surface area is 199 Å². The van der Waals surface area contributed by atoms with Gasteiger partial charge in [-0.25, -0.2) is 0 Å². The summed E-state index contributed by atoms with van der Waals surface area (Å²) in [5.74, 6) is 0. The summed E-state index contributed by atoms with van der Waals surface area (Å²) in [6, 6.07) is 36.5. The third-order valence-electron chi connectivity index (χ3n) is 7.17. The molecular formula is C31H34O2. The highest BCUT2D eigenvalue weighted by atomic mass is 16.4. The van der Waals surface area contributed by atoms with Crippen LogP contribution in [-0.4, -0.2) is 15.8 Å². The van der Waals surface area contributed by atoms with E-state index < -0.39 is 11.2 Å². The van der Waals surface area contributed by atoms with Gasteiger partial charge in [-0.1, -0.05) is 128 Å². The first-order valence-corrected chi connectivity index (χ1v) is 11.9. The first kappa shape index (κ1) is 21.6. The Balaban J connectivity index is 0.00000171. The van der Waals surface area contributed by atoms with Gasteiger partial charge in [0.1, 0.15) is 11.2 Å². The van der Waals surface area contributed by atoms with Crippen molar-refractivity contribution >= 4 is 0 Å². The van der Waals surface area contributed by atoms with Crippen molar-refractivity contribution in [2.75, 3.05) is 0 Å². The molecular weight excluding hydrogens is 404 g/mol. The fourth-order valence-corrected chi connectivity index (χ4v) is 5.27. The molecule has 0 amide bonds. The molecule has 2 nitrogen and oxygen atoms in total. The van der Waals surface area contributed by atoms with Crippen molar-refractivity contribution in [2.24, 2.45) is 0 Å². The van der Waals surface area contributed by atoms with E-state index in [1.807, 2.05) is 84.9 Å². The SMILES string of the molecule is OC1(C(O)(c2ccc(-c3ccccc3)cc2)c2ccc(-c3ccccc3)cc2)CCCCC1.[HH].[HH]. The zero-order valence-corrected chi connectivity index (χ0v) is 18.8. The molecule has 1 aliphatic rings. The maximum Gasteiger partial charge on any atom is 0.143 e. The molecule has 0 atom stereocenters. The van der Waals surface area contributed by atoms with Crippen LogP contribution in [0.25, 0.3) is 22.3 Å². The van der Waals surface area contributed by atoms with E-state index in [0.717, 1.165) is 52.6 Å². The van der Waals surface area contributed by atoms with Gasteiger partial charge in [-0.05, 0) is 46.2 Å². The van der Waals surface area contributed by atoms with E-state index in [4.69, 9.17) is 0 Å². The van der Waals surface area contributed by atoms with Crippen LogP contribution in [0, 0.1) is 0 Å². The van der Waals surface area contributed by atoms with Crippen LogP contribution in [0.4, 0.5) is 0 Å². The summed E-state index contributed by atoms with van der Waals surface area (Å²) < 4.78 is 0. The number of rotatable bonds is 5. The van der Waals surface area contributed by atoms with Gasteiger partial charge in [0, 0.05) is 2.85 Å². The molecule has 0 saturated heterocycles. The quantitative estimate of drug-likeness (QED) is 0.340. The summed E-state index contributed by atoms with van der Waals surface area (Å²) in [6.07, 6.45) is 4.11. The summed E-state index contributed by atoms with van der Waals surface area (Å²) in [5, 5.41) is 24.1. The topological polar surface area (TPSA) is 40.5 Å². The fourth-order valence-electron chi connectivity index (χ4n) is 5.27. The Morgan fingerprint density at radius 2 is 0.879 bits per heavy atom. The van der Waals surface area contributed by atoms with Crippen LogP contribution in [0.5, 0.6) is 0 Å². The van der Waals surface area contributed by atoms with Crippen LogP contribution in [0.3, 0.4) is 0 Å². The molecule has 2 heteroatoms. The third kappa shape index (κ3) is 4.01. The molecule has 1 fully saturated rings. The second kappa shape index (κ2) is 8.97. The first-order valence-electron chi connectivity index (χ1n) is 11.9. The molecule has 4 aromatic rings. The average molecular weight is 439 g/mol. The van der Waals surface area contributed by atoms with E-state index >= 15 is 0 Å². The lowest BCUT2D eigenvalue weighted by molar-refractivity contribution is -0.151. The molecule has 170 valence electrons. The smallest absolute Gasteiger partial charge is 0.143 e. The molecule has 0 aromatic heterocycles. The van der Waals surface area contributed by atoms with Gasteiger partial charge in [-0.15, -0.1) is 0 Å². The summed E-state index contributed by atoms with van der Waals surface area (Å²) in [5.41, 5.74) is 3.25. The number of hydrogen-bond donors (Lipinski definition) is 2. The molecule has 0 unspecified atom stereocenters. The minimum atomic E-state index is -1.47. The molecule has 2 N–H and O–H groups in total. The number of hydrogen-bond acceptors (Lipinski definition) is 2. The predicted octanol–water partition coefficient (Wildman–Crippen LogP) is 7.44. The zero-order chi connectivity index (χ0) is 22.7. The molecule has 0 radical (unpaired) electrons. The van der Waals surface area contributed by atoms with E-state index in [-0.39, 0.29) is 2.85 Å². The second-order valence-corrected chi connectivity index (χ2v) is 9.19. The van der Waals surface area contributed by atoms with Crippen LogP contribution in [0.1, 0.15) is 46.1 Å².